The molecule has 0 amide bonds. The minimum atomic E-state index is -0.0727. The van der Waals surface area contributed by atoms with Crippen molar-refractivity contribution in [2.24, 2.45) is 4.99 Å². The Bertz CT molecular complexity index is 856. The number of aromatic nitrogens is 4. The van der Waals surface area contributed by atoms with Gasteiger partial charge in [0.2, 0.25) is 0 Å². The van der Waals surface area contributed by atoms with Crippen molar-refractivity contribution in [3.05, 3.63) is 70.2 Å². The van der Waals surface area contributed by atoms with Crippen molar-refractivity contribution in [1.29, 1.82) is 0 Å². The lowest BCUT2D eigenvalue weighted by Gasteiger charge is -1.99. The number of nitrogens with one attached hydrogen (secondary N) is 2. The van der Waals surface area contributed by atoms with Crippen LogP contribution < -0.4 is 5.56 Å². The molecule has 0 aliphatic rings. The Kier molecular flexibility index (Phi) is 4.23. The number of H-pyrrole nitrogens is 2. The average molecular weight is 309 g/mol. The van der Waals surface area contributed by atoms with Gasteiger partial charge in [0.05, 0.1) is 17.6 Å². The Labute approximate surface area is 133 Å². The third kappa shape index (κ3) is 3.15. The van der Waals surface area contributed by atoms with Gasteiger partial charge in [0, 0.05) is 36.3 Å². The van der Waals surface area contributed by atoms with Gasteiger partial charge < -0.3 is 4.98 Å². The summed E-state index contributed by atoms with van der Waals surface area (Å²) in [5.74, 6) is 0. The number of benzene rings is 1. The molecule has 3 aromatic rings. The zero-order chi connectivity index (χ0) is 16.2. The van der Waals surface area contributed by atoms with Gasteiger partial charge in [-0.25, -0.2) is 9.67 Å². The molecule has 0 aliphatic carbocycles. The number of imidazole rings is 1. The van der Waals surface area contributed by atoms with Gasteiger partial charge in [0.1, 0.15) is 0 Å². The molecule has 0 unspecified atom stereocenters. The van der Waals surface area contributed by atoms with Crippen molar-refractivity contribution < 1.29 is 0 Å². The smallest absolute Gasteiger partial charge is 0.280 e. The van der Waals surface area contributed by atoms with E-state index in [1.54, 1.807) is 17.2 Å². The molecule has 3 rings (SSSR count). The summed E-state index contributed by atoms with van der Waals surface area (Å²) in [6.07, 6.45) is 4.21. The van der Waals surface area contributed by atoms with E-state index in [0.717, 1.165) is 29.2 Å². The topological polar surface area (TPSA) is 78.8 Å². The van der Waals surface area contributed by atoms with Crippen molar-refractivity contribution in [1.82, 2.24) is 19.7 Å². The Morgan fingerprint density at radius 1 is 1.30 bits per heavy atom. The third-order valence-corrected chi connectivity index (χ3v) is 3.73. The molecule has 1 aromatic carbocycles. The quantitative estimate of drug-likeness (QED) is 0.709. The third-order valence-electron chi connectivity index (χ3n) is 3.73. The van der Waals surface area contributed by atoms with E-state index in [2.05, 4.69) is 20.1 Å². The number of hydrogen-bond donors (Lipinski definition) is 2. The van der Waals surface area contributed by atoms with Gasteiger partial charge in [-0.2, -0.15) is 0 Å². The van der Waals surface area contributed by atoms with E-state index >= 15 is 0 Å². The maximum absolute atomic E-state index is 12.7. The van der Waals surface area contributed by atoms with Crippen LogP contribution in [-0.4, -0.2) is 32.0 Å². The molecule has 0 radical (unpaired) electrons. The SMILES string of the molecule is CC(=NCCc1cnc[nH]1)c1c(C)[nH]n(-c2ccccc2)c1=O. The minimum absolute atomic E-state index is 0.0727. The largest absolute Gasteiger partial charge is 0.348 e. The van der Waals surface area contributed by atoms with E-state index in [-0.39, 0.29) is 5.56 Å². The molecule has 0 fully saturated rings. The summed E-state index contributed by atoms with van der Waals surface area (Å²) in [6.45, 7) is 4.38. The van der Waals surface area contributed by atoms with Crippen LogP contribution in [0.5, 0.6) is 0 Å². The molecule has 0 atom stereocenters. The number of rotatable bonds is 5. The van der Waals surface area contributed by atoms with Crippen molar-refractivity contribution in [3.63, 3.8) is 0 Å². The second-order valence-corrected chi connectivity index (χ2v) is 5.38. The highest BCUT2D eigenvalue weighted by Crippen LogP contribution is 2.08. The highest BCUT2D eigenvalue weighted by Gasteiger charge is 2.14. The summed E-state index contributed by atoms with van der Waals surface area (Å²) in [5, 5.41) is 3.12. The first-order valence-electron chi connectivity index (χ1n) is 7.52. The van der Waals surface area contributed by atoms with Gasteiger partial charge in [-0.1, -0.05) is 18.2 Å². The number of aryl methyl sites for hydroxylation is 1. The monoisotopic (exact) mass is 309 g/mol. The summed E-state index contributed by atoms with van der Waals surface area (Å²) in [5.41, 5.74) is 3.99. The van der Waals surface area contributed by atoms with Crippen molar-refractivity contribution in [2.45, 2.75) is 20.3 Å². The Morgan fingerprint density at radius 2 is 2.09 bits per heavy atom. The zero-order valence-corrected chi connectivity index (χ0v) is 13.2. The number of aromatic amines is 2. The fourth-order valence-corrected chi connectivity index (χ4v) is 2.58. The first kappa shape index (κ1) is 15.0. The van der Waals surface area contributed by atoms with Crippen LogP contribution in [0.3, 0.4) is 0 Å². The van der Waals surface area contributed by atoms with Gasteiger partial charge >= 0.3 is 0 Å². The van der Waals surface area contributed by atoms with Crippen LogP contribution in [0.25, 0.3) is 5.69 Å². The predicted octanol–water partition coefficient (Wildman–Crippen LogP) is 2.25. The van der Waals surface area contributed by atoms with E-state index in [0.29, 0.717) is 12.1 Å². The van der Waals surface area contributed by atoms with Gasteiger partial charge in [-0.15, -0.1) is 0 Å². The Balaban J connectivity index is 1.85. The summed E-state index contributed by atoms with van der Waals surface area (Å²) in [6, 6.07) is 9.52. The van der Waals surface area contributed by atoms with Crippen LogP contribution >= 0.6 is 0 Å². The molecule has 2 heterocycles. The van der Waals surface area contributed by atoms with E-state index in [4.69, 9.17) is 0 Å². The summed E-state index contributed by atoms with van der Waals surface area (Å²) in [7, 11) is 0. The molecule has 0 saturated carbocycles. The van der Waals surface area contributed by atoms with Crippen LogP contribution in [-0.2, 0) is 6.42 Å². The van der Waals surface area contributed by atoms with Crippen molar-refractivity contribution in [2.75, 3.05) is 6.54 Å². The van der Waals surface area contributed by atoms with Crippen molar-refractivity contribution in [3.8, 4) is 5.69 Å². The van der Waals surface area contributed by atoms with E-state index in [1.165, 1.54) is 0 Å². The fourth-order valence-electron chi connectivity index (χ4n) is 2.58. The molecule has 2 N–H and O–H groups in total. The van der Waals surface area contributed by atoms with E-state index in [1.807, 2.05) is 44.2 Å². The lowest BCUT2D eigenvalue weighted by atomic mass is 10.2. The fraction of sp³-hybridized carbons (Fsp3) is 0.235. The number of aliphatic imine (C=N–C) groups is 1. The number of hydrogen-bond acceptors (Lipinski definition) is 3. The molecule has 6 nitrogen and oxygen atoms in total. The summed E-state index contributed by atoms with van der Waals surface area (Å²) in [4.78, 5) is 24.2. The number of para-hydroxylation sites is 1. The molecule has 6 heteroatoms. The summed E-state index contributed by atoms with van der Waals surface area (Å²) < 4.78 is 1.55. The van der Waals surface area contributed by atoms with Crippen LogP contribution in [0.2, 0.25) is 0 Å². The lowest BCUT2D eigenvalue weighted by molar-refractivity contribution is 0.835. The van der Waals surface area contributed by atoms with Crippen LogP contribution in [0.1, 0.15) is 23.9 Å². The number of nitrogens with zero attached hydrogens (tertiary/aromatic N) is 3. The first-order valence-corrected chi connectivity index (χ1v) is 7.52. The van der Waals surface area contributed by atoms with Crippen LogP contribution in [0.15, 0.2) is 52.6 Å². The lowest BCUT2D eigenvalue weighted by Crippen LogP contribution is -2.19. The second kappa shape index (κ2) is 6.48. The van der Waals surface area contributed by atoms with Crippen LogP contribution in [0, 0.1) is 6.92 Å². The molecular weight excluding hydrogens is 290 g/mol. The Morgan fingerprint density at radius 3 is 2.78 bits per heavy atom. The standard InChI is InChI=1S/C17H19N5O/c1-12(19-9-8-14-10-18-11-20-14)16-13(2)21-22(17(16)23)15-6-4-3-5-7-15/h3-7,10-11,21H,8-9H2,1-2H3,(H,18,20). The molecule has 0 aliphatic heterocycles. The van der Waals surface area contributed by atoms with Gasteiger partial charge in [0.25, 0.3) is 5.56 Å². The second-order valence-electron chi connectivity index (χ2n) is 5.38. The van der Waals surface area contributed by atoms with Gasteiger partial charge in [-0.3, -0.25) is 14.9 Å². The molecular formula is C17H19N5O. The molecule has 0 saturated heterocycles. The first-order chi connectivity index (χ1) is 11.2. The molecule has 0 bridgehead atoms. The Hall–Kier alpha value is -2.89. The molecule has 0 spiro atoms. The summed E-state index contributed by atoms with van der Waals surface area (Å²) >= 11 is 0. The van der Waals surface area contributed by atoms with Crippen LogP contribution in [0.4, 0.5) is 0 Å². The highest BCUT2D eigenvalue weighted by molar-refractivity contribution is 5.99. The normalized spacial score (nSPS) is 11.8. The predicted molar refractivity (Wildman–Crippen MR) is 90.5 cm³/mol. The van der Waals surface area contributed by atoms with Crippen molar-refractivity contribution >= 4 is 5.71 Å². The minimum Gasteiger partial charge on any atom is -0.348 e. The average Bonchev–Trinajstić information content (AvgIpc) is 3.16. The zero-order valence-electron chi connectivity index (χ0n) is 13.2. The van der Waals surface area contributed by atoms with E-state index < -0.39 is 0 Å². The van der Waals surface area contributed by atoms with Gasteiger partial charge in [-0.05, 0) is 26.0 Å². The van der Waals surface area contributed by atoms with E-state index in [9.17, 15) is 4.79 Å². The highest BCUT2D eigenvalue weighted by atomic mass is 16.1. The maximum atomic E-state index is 12.7. The maximum Gasteiger partial charge on any atom is 0.280 e. The molecule has 118 valence electrons. The molecule has 23 heavy (non-hydrogen) atoms. The van der Waals surface area contributed by atoms with Gasteiger partial charge in [0.15, 0.2) is 0 Å². The molecule has 2 aromatic heterocycles.